The van der Waals surface area contributed by atoms with Crippen LogP contribution in [0, 0.1) is 5.92 Å². The van der Waals surface area contributed by atoms with Crippen molar-refractivity contribution in [2.45, 2.75) is 13.3 Å². The average Bonchev–Trinajstić information content (AvgIpc) is 2.45. The molecule has 1 rings (SSSR count). The summed E-state index contributed by atoms with van der Waals surface area (Å²) in [6.07, 6.45) is 0.645. The number of ether oxygens (including phenoxy) is 1. The molecule has 1 aromatic rings. The maximum atomic E-state index is 11.5. The van der Waals surface area contributed by atoms with Gasteiger partial charge in [-0.05, 0) is 18.1 Å². The number of methoxy groups -OCH3 is 1. The first kappa shape index (κ1) is 15.8. The predicted molar refractivity (Wildman–Crippen MR) is 74.9 cm³/mol. The number of nitrogens with one attached hydrogen (secondary N) is 2. The molecule has 20 heavy (non-hydrogen) atoms. The summed E-state index contributed by atoms with van der Waals surface area (Å²) < 4.78 is 5.21. The zero-order valence-electron chi connectivity index (χ0n) is 11.7. The predicted octanol–water partition coefficient (Wildman–Crippen LogP) is 1.26. The molecule has 3 N–H and O–H groups in total. The highest BCUT2D eigenvalue weighted by Gasteiger charge is 2.11. The van der Waals surface area contributed by atoms with Crippen molar-refractivity contribution in [3.63, 3.8) is 0 Å². The van der Waals surface area contributed by atoms with Gasteiger partial charge in [-0.15, -0.1) is 0 Å². The molecule has 0 aliphatic carbocycles. The number of para-hydroxylation sites is 1. The first-order valence-corrected chi connectivity index (χ1v) is 6.41. The van der Waals surface area contributed by atoms with Gasteiger partial charge in [0.15, 0.2) is 0 Å². The van der Waals surface area contributed by atoms with Crippen LogP contribution in [0.25, 0.3) is 0 Å². The lowest BCUT2D eigenvalue weighted by molar-refractivity contribution is -0.140. The number of urea groups is 1. The first-order valence-electron chi connectivity index (χ1n) is 6.41. The Labute approximate surface area is 118 Å². The smallest absolute Gasteiger partial charge is 0.314 e. The van der Waals surface area contributed by atoms with Gasteiger partial charge in [-0.25, -0.2) is 4.79 Å². The molecule has 0 heterocycles. The van der Waals surface area contributed by atoms with E-state index in [1.165, 1.54) is 6.92 Å². The van der Waals surface area contributed by atoms with Gasteiger partial charge in [-0.1, -0.05) is 25.1 Å². The molecular formula is C14H20N2O4. The quantitative estimate of drug-likeness (QED) is 0.701. The van der Waals surface area contributed by atoms with Crippen molar-refractivity contribution < 1.29 is 19.4 Å². The molecule has 1 atom stereocenters. The summed E-state index contributed by atoms with van der Waals surface area (Å²) >= 11 is 0. The zero-order chi connectivity index (χ0) is 15.0. The minimum absolute atomic E-state index is 0.107. The summed E-state index contributed by atoms with van der Waals surface area (Å²) in [6.45, 7) is 2.10. The standard InChI is InChI=1S/C14H20N2O4/c1-10(13(17)18)9-16-14(19)15-8-7-11-5-3-4-6-12(11)20-2/h3-6,10H,7-9H2,1-2H3,(H,17,18)(H2,15,16,19). The van der Waals surface area contributed by atoms with Gasteiger partial charge in [0.2, 0.25) is 0 Å². The summed E-state index contributed by atoms with van der Waals surface area (Å²) in [6, 6.07) is 7.23. The molecule has 6 nitrogen and oxygen atoms in total. The summed E-state index contributed by atoms with van der Waals surface area (Å²) in [5, 5.41) is 13.9. The second kappa shape index (κ2) is 8.04. The highest BCUT2D eigenvalue weighted by atomic mass is 16.5. The number of carboxylic acid groups (broad SMARTS) is 1. The van der Waals surface area contributed by atoms with E-state index < -0.39 is 11.9 Å². The van der Waals surface area contributed by atoms with Gasteiger partial charge in [0.25, 0.3) is 0 Å². The van der Waals surface area contributed by atoms with E-state index in [2.05, 4.69) is 10.6 Å². The number of carbonyl (C=O) groups is 2. The highest BCUT2D eigenvalue weighted by Crippen LogP contribution is 2.17. The lowest BCUT2D eigenvalue weighted by atomic mass is 10.1. The number of amides is 2. The minimum Gasteiger partial charge on any atom is -0.496 e. The van der Waals surface area contributed by atoms with Gasteiger partial charge >= 0.3 is 12.0 Å². The fourth-order valence-corrected chi connectivity index (χ4v) is 1.62. The number of carboxylic acids is 1. The summed E-state index contributed by atoms with van der Waals surface area (Å²) in [5.74, 6) is -0.747. The molecule has 0 aliphatic heterocycles. The number of benzene rings is 1. The van der Waals surface area contributed by atoms with Gasteiger partial charge in [-0.2, -0.15) is 0 Å². The zero-order valence-corrected chi connectivity index (χ0v) is 11.7. The van der Waals surface area contributed by atoms with Crippen LogP contribution in [-0.2, 0) is 11.2 Å². The van der Waals surface area contributed by atoms with E-state index in [1.807, 2.05) is 24.3 Å². The molecule has 0 fully saturated rings. The monoisotopic (exact) mass is 280 g/mol. The van der Waals surface area contributed by atoms with E-state index >= 15 is 0 Å². The Bertz CT molecular complexity index is 462. The van der Waals surface area contributed by atoms with Crippen LogP contribution in [0.2, 0.25) is 0 Å². The summed E-state index contributed by atoms with van der Waals surface area (Å²) in [4.78, 5) is 22.1. The Morgan fingerprint density at radius 2 is 2.00 bits per heavy atom. The van der Waals surface area contributed by atoms with E-state index in [0.29, 0.717) is 13.0 Å². The van der Waals surface area contributed by atoms with Crippen molar-refractivity contribution in [1.82, 2.24) is 10.6 Å². The maximum absolute atomic E-state index is 11.5. The van der Waals surface area contributed by atoms with E-state index in [1.54, 1.807) is 7.11 Å². The fourth-order valence-electron chi connectivity index (χ4n) is 1.62. The Kier molecular flexibility index (Phi) is 6.36. The number of hydrogen-bond donors (Lipinski definition) is 3. The van der Waals surface area contributed by atoms with Crippen molar-refractivity contribution in [3.8, 4) is 5.75 Å². The van der Waals surface area contributed by atoms with Crippen LogP contribution in [-0.4, -0.2) is 37.3 Å². The molecule has 0 radical (unpaired) electrons. The van der Waals surface area contributed by atoms with Gasteiger partial charge in [0.05, 0.1) is 13.0 Å². The number of aliphatic carboxylic acids is 1. The summed E-state index contributed by atoms with van der Waals surface area (Å²) in [5.41, 5.74) is 1.01. The number of rotatable bonds is 7. The number of carbonyl (C=O) groups excluding carboxylic acids is 1. The largest absolute Gasteiger partial charge is 0.496 e. The molecule has 0 aliphatic rings. The third-order valence-corrected chi connectivity index (χ3v) is 2.86. The highest BCUT2D eigenvalue weighted by molar-refractivity contribution is 5.75. The molecule has 1 unspecified atom stereocenters. The van der Waals surface area contributed by atoms with Crippen LogP contribution in [0.4, 0.5) is 4.79 Å². The molecule has 2 amide bonds. The van der Waals surface area contributed by atoms with E-state index in [-0.39, 0.29) is 12.6 Å². The van der Waals surface area contributed by atoms with Crippen molar-refractivity contribution >= 4 is 12.0 Å². The second-order valence-corrected chi connectivity index (χ2v) is 4.44. The first-order chi connectivity index (χ1) is 9.54. The maximum Gasteiger partial charge on any atom is 0.314 e. The Morgan fingerprint density at radius 1 is 1.30 bits per heavy atom. The molecule has 0 bridgehead atoms. The van der Waals surface area contributed by atoms with Gasteiger partial charge in [0, 0.05) is 13.1 Å². The third kappa shape index (κ3) is 5.17. The Morgan fingerprint density at radius 3 is 2.65 bits per heavy atom. The Balaban J connectivity index is 2.30. The minimum atomic E-state index is -0.931. The van der Waals surface area contributed by atoms with Crippen LogP contribution < -0.4 is 15.4 Å². The molecular weight excluding hydrogens is 260 g/mol. The molecule has 110 valence electrons. The lowest BCUT2D eigenvalue weighted by Crippen LogP contribution is -2.40. The summed E-state index contributed by atoms with van der Waals surface area (Å²) in [7, 11) is 1.60. The molecule has 0 saturated carbocycles. The normalized spacial score (nSPS) is 11.5. The lowest BCUT2D eigenvalue weighted by Gasteiger charge is -2.11. The molecule has 0 spiro atoms. The second-order valence-electron chi connectivity index (χ2n) is 4.44. The number of hydrogen-bond acceptors (Lipinski definition) is 3. The van der Waals surface area contributed by atoms with E-state index in [0.717, 1.165) is 11.3 Å². The van der Waals surface area contributed by atoms with Crippen molar-refractivity contribution in [1.29, 1.82) is 0 Å². The van der Waals surface area contributed by atoms with E-state index in [9.17, 15) is 9.59 Å². The van der Waals surface area contributed by atoms with E-state index in [4.69, 9.17) is 9.84 Å². The van der Waals surface area contributed by atoms with Crippen molar-refractivity contribution in [2.24, 2.45) is 5.92 Å². The van der Waals surface area contributed by atoms with Gasteiger partial charge < -0.3 is 20.5 Å². The van der Waals surface area contributed by atoms with Crippen molar-refractivity contribution in [2.75, 3.05) is 20.2 Å². The average molecular weight is 280 g/mol. The van der Waals surface area contributed by atoms with Crippen LogP contribution >= 0.6 is 0 Å². The molecule has 1 aromatic carbocycles. The van der Waals surface area contributed by atoms with Crippen LogP contribution in [0.3, 0.4) is 0 Å². The topological polar surface area (TPSA) is 87.7 Å². The van der Waals surface area contributed by atoms with Crippen LogP contribution in [0.1, 0.15) is 12.5 Å². The molecule has 6 heteroatoms. The van der Waals surface area contributed by atoms with Gasteiger partial charge in [-0.3, -0.25) is 4.79 Å². The SMILES string of the molecule is COc1ccccc1CCNC(=O)NCC(C)C(=O)O. The van der Waals surface area contributed by atoms with Gasteiger partial charge in [0.1, 0.15) is 5.75 Å². The Hall–Kier alpha value is -2.24. The third-order valence-electron chi connectivity index (χ3n) is 2.86. The molecule has 0 aromatic heterocycles. The fraction of sp³-hybridized carbons (Fsp3) is 0.429. The molecule has 0 saturated heterocycles. The van der Waals surface area contributed by atoms with Crippen molar-refractivity contribution in [3.05, 3.63) is 29.8 Å². The van der Waals surface area contributed by atoms with Crippen LogP contribution in [0.15, 0.2) is 24.3 Å². The van der Waals surface area contributed by atoms with Crippen LogP contribution in [0.5, 0.6) is 5.75 Å².